The highest BCUT2D eigenvalue weighted by Crippen LogP contribution is 2.29. The Hall–Kier alpha value is -0.990. The van der Waals surface area contributed by atoms with E-state index in [0.29, 0.717) is 0 Å². The molecule has 0 radical (unpaired) electrons. The molecular formula is C11H19N3. The number of rotatable bonds is 0. The maximum absolute atomic E-state index is 6.11. The zero-order chi connectivity index (χ0) is 10.3. The van der Waals surface area contributed by atoms with Gasteiger partial charge in [-0.05, 0) is 46.5 Å². The first-order valence-electron chi connectivity index (χ1n) is 5.37. The van der Waals surface area contributed by atoms with Crippen molar-refractivity contribution in [3.05, 3.63) is 11.3 Å². The Morgan fingerprint density at radius 2 is 1.86 bits per heavy atom. The van der Waals surface area contributed by atoms with Crippen molar-refractivity contribution in [3.8, 4) is 0 Å². The molecule has 78 valence electrons. The highest BCUT2D eigenvalue weighted by atomic mass is 15.3. The van der Waals surface area contributed by atoms with E-state index in [1.165, 1.54) is 24.1 Å². The summed E-state index contributed by atoms with van der Waals surface area (Å²) < 4.78 is 1.98. The van der Waals surface area contributed by atoms with Gasteiger partial charge < -0.3 is 5.73 Å². The minimum atomic E-state index is 0.00141. The van der Waals surface area contributed by atoms with Crippen LogP contribution in [-0.2, 0) is 18.4 Å². The number of aryl methyl sites for hydroxylation is 1. The minimum absolute atomic E-state index is 0.00141. The molecule has 0 fully saturated rings. The third-order valence-electron chi connectivity index (χ3n) is 2.83. The molecule has 0 saturated heterocycles. The van der Waals surface area contributed by atoms with Crippen molar-refractivity contribution in [3.63, 3.8) is 0 Å². The second kappa shape index (κ2) is 3.01. The molecular weight excluding hydrogens is 174 g/mol. The molecule has 0 bridgehead atoms. The van der Waals surface area contributed by atoms with Crippen molar-refractivity contribution in [1.82, 2.24) is 9.78 Å². The lowest BCUT2D eigenvalue weighted by Crippen LogP contribution is -2.25. The van der Waals surface area contributed by atoms with Crippen molar-refractivity contribution in [2.24, 2.45) is 0 Å². The maximum Gasteiger partial charge on any atom is 0.125 e. The SMILES string of the molecule is CC(C)(C)n1nc2c(c1N)CCCC2. The maximum atomic E-state index is 6.11. The van der Waals surface area contributed by atoms with Gasteiger partial charge in [-0.3, -0.25) is 0 Å². The van der Waals surface area contributed by atoms with E-state index >= 15 is 0 Å². The summed E-state index contributed by atoms with van der Waals surface area (Å²) >= 11 is 0. The van der Waals surface area contributed by atoms with Crippen LogP contribution in [0.1, 0.15) is 44.9 Å². The van der Waals surface area contributed by atoms with Gasteiger partial charge in [0.1, 0.15) is 5.82 Å². The van der Waals surface area contributed by atoms with Crippen LogP contribution < -0.4 is 5.73 Å². The summed E-state index contributed by atoms with van der Waals surface area (Å²) in [7, 11) is 0. The fraction of sp³-hybridized carbons (Fsp3) is 0.727. The molecule has 2 N–H and O–H groups in total. The number of nitrogen functional groups attached to an aromatic ring is 1. The number of fused-ring (bicyclic) bond motifs is 1. The predicted octanol–water partition coefficient (Wildman–Crippen LogP) is 2.10. The third-order valence-corrected chi connectivity index (χ3v) is 2.83. The van der Waals surface area contributed by atoms with Crippen LogP contribution in [0.15, 0.2) is 0 Å². The molecule has 0 unspecified atom stereocenters. The molecule has 1 aromatic rings. The van der Waals surface area contributed by atoms with E-state index < -0.39 is 0 Å². The van der Waals surface area contributed by atoms with Crippen LogP contribution in [-0.4, -0.2) is 9.78 Å². The summed E-state index contributed by atoms with van der Waals surface area (Å²) in [4.78, 5) is 0. The first-order chi connectivity index (χ1) is 6.50. The normalized spacial score (nSPS) is 16.8. The van der Waals surface area contributed by atoms with E-state index in [9.17, 15) is 0 Å². The Balaban J connectivity index is 2.49. The molecule has 3 heteroatoms. The van der Waals surface area contributed by atoms with Crippen LogP contribution in [0.4, 0.5) is 5.82 Å². The van der Waals surface area contributed by atoms with Crippen LogP contribution in [0.3, 0.4) is 0 Å². The first-order valence-corrected chi connectivity index (χ1v) is 5.37. The zero-order valence-corrected chi connectivity index (χ0v) is 9.30. The standard InChI is InChI=1S/C11H19N3/c1-11(2,3)14-10(12)8-6-4-5-7-9(8)13-14/h4-7,12H2,1-3H3. The predicted molar refractivity (Wildman–Crippen MR) is 58.3 cm³/mol. The second-order valence-electron chi connectivity index (χ2n) is 5.10. The number of hydrogen-bond donors (Lipinski definition) is 1. The molecule has 0 amide bonds. The summed E-state index contributed by atoms with van der Waals surface area (Å²) in [5.74, 6) is 0.882. The molecule has 0 saturated carbocycles. The molecule has 1 aliphatic carbocycles. The Morgan fingerprint density at radius 3 is 2.43 bits per heavy atom. The summed E-state index contributed by atoms with van der Waals surface area (Å²) in [5.41, 5.74) is 8.64. The van der Waals surface area contributed by atoms with E-state index in [1.54, 1.807) is 0 Å². The number of nitrogens with zero attached hydrogens (tertiary/aromatic N) is 2. The molecule has 1 aromatic heterocycles. The highest BCUT2D eigenvalue weighted by molar-refractivity contribution is 5.45. The fourth-order valence-electron chi connectivity index (χ4n) is 2.09. The Bertz CT molecular complexity index is 344. The molecule has 14 heavy (non-hydrogen) atoms. The summed E-state index contributed by atoms with van der Waals surface area (Å²) in [6, 6.07) is 0. The number of nitrogens with two attached hydrogens (primary N) is 1. The zero-order valence-electron chi connectivity index (χ0n) is 9.30. The van der Waals surface area contributed by atoms with Crippen molar-refractivity contribution in [1.29, 1.82) is 0 Å². The largest absolute Gasteiger partial charge is 0.384 e. The number of anilines is 1. The van der Waals surface area contributed by atoms with Gasteiger partial charge in [-0.1, -0.05) is 0 Å². The van der Waals surface area contributed by atoms with Crippen molar-refractivity contribution < 1.29 is 0 Å². The van der Waals surface area contributed by atoms with Gasteiger partial charge in [0.25, 0.3) is 0 Å². The molecule has 0 spiro atoms. The van der Waals surface area contributed by atoms with Gasteiger partial charge in [0, 0.05) is 5.56 Å². The lowest BCUT2D eigenvalue weighted by Gasteiger charge is -2.20. The van der Waals surface area contributed by atoms with Crippen LogP contribution in [0.25, 0.3) is 0 Å². The number of aromatic nitrogens is 2. The van der Waals surface area contributed by atoms with Gasteiger partial charge in [0.15, 0.2) is 0 Å². The van der Waals surface area contributed by atoms with E-state index in [4.69, 9.17) is 5.73 Å². The van der Waals surface area contributed by atoms with Gasteiger partial charge in [0.05, 0.1) is 11.2 Å². The summed E-state index contributed by atoms with van der Waals surface area (Å²) in [6.07, 6.45) is 4.72. The third kappa shape index (κ3) is 1.41. The van der Waals surface area contributed by atoms with Crippen LogP contribution >= 0.6 is 0 Å². The van der Waals surface area contributed by atoms with Crippen molar-refractivity contribution in [2.75, 3.05) is 5.73 Å². The second-order valence-corrected chi connectivity index (χ2v) is 5.10. The lowest BCUT2D eigenvalue weighted by molar-refractivity contribution is 0.359. The van der Waals surface area contributed by atoms with E-state index in [2.05, 4.69) is 25.9 Å². The van der Waals surface area contributed by atoms with E-state index in [0.717, 1.165) is 18.7 Å². The molecule has 1 aliphatic rings. The van der Waals surface area contributed by atoms with Crippen LogP contribution in [0.5, 0.6) is 0 Å². The summed E-state index contributed by atoms with van der Waals surface area (Å²) in [5, 5.41) is 4.61. The molecule has 1 heterocycles. The van der Waals surface area contributed by atoms with Crippen molar-refractivity contribution in [2.45, 2.75) is 52.0 Å². The van der Waals surface area contributed by atoms with Gasteiger partial charge >= 0.3 is 0 Å². The average Bonchev–Trinajstić information content (AvgIpc) is 2.44. The highest BCUT2D eigenvalue weighted by Gasteiger charge is 2.24. The molecule has 0 aliphatic heterocycles. The van der Waals surface area contributed by atoms with Crippen LogP contribution in [0.2, 0.25) is 0 Å². The monoisotopic (exact) mass is 193 g/mol. The fourth-order valence-corrected chi connectivity index (χ4v) is 2.09. The molecule has 0 aromatic carbocycles. The topological polar surface area (TPSA) is 43.8 Å². The first kappa shape index (κ1) is 9.56. The quantitative estimate of drug-likeness (QED) is 0.685. The van der Waals surface area contributed by atoms with Crippen LogP contribution in [0, 0.1) is 0 Å². The molecule has 0 atom stereocenters. The van der Waals surface area contributed by atoms with E-state index in [1.807, 2.05) is 4.68 Å². The van der Waals surface area contributed by atoms with Gasteiger partial charge in [-0.25, -0.2) is 4.68 Å². The number of hydrogen-bond acceptors (Lipinski definition) is 2. The van der Waals surface area contributed by atoms with Gasteiger partial charge in [-0.2, -0.15) is 5.10 Å². The smallest absolute Gasteiger partial charge is 0.125 e. The van der Waals surface area contributed by atoms with Crippen molar-refractivity contribution >= 4 is 5.82 Å². The molecule has 2 rings (SSSR count). The van der Waals surface area contributed by atoms with E-state index in [-0.39, 0.29) is 5.54 Å². The summed E-state index contributed by atoms with van der Waals surface area (Å²) in [6.45, 7) is 6.42. The Labute approximate surface area is 85.3 Å². The Kier molecular flexibility index (Phi) is 2.05. The molecule has 3 nitrogen and oxygen atoms in total. The minimum Gasteiger partial charge on any atom is -0.384 e. The Morgan fingerprint density at radius 1 is 1.21 bits per heavy atom. The lowest BCUT2D eigenvalue weighted by atomic mass is 9.97. The average molecular weight is 193 g/mol. The van der Waals surface area contributed by atoms with Gasteiger partial charge in [0.2, 0.25) is 0 Å². The van der Waals surface area contributed by atoms with Gasteiger partial charge in [-0.15, -0.1) is 0 Å².